The summed E-state index contributed by atoms with van der Waals surface area (Å²) in [5, 5.41) is 8.03. The van der Waals surface area contributed by atoms with Crippen molar-refractivity contribution >= 4 is 5.91 Å². The lowest BCUT2D eigenvalue weighted by Gasteiger charge is -2.31. The van der Waals surface area contributed by atoms with Gasteiger partial charge in [-0.15, -0.1) is 0 Å². The molecule has 6 nitrogen and oxygen atoms in total. The molecular weight excluding hydrogens is 172 g/mol. The van der Waals surface area contributed by atoms with E-state index in [2.05, 4.69) is 28.0 Å². The first-order chi connectivity index (χ1) is 6.14. The second-order valence-electron chi connectivity index (χ2n) is 2.18. The van der Waals surface area contributed by atoms with E-state index in [0.29, 0.717) is 0 Å². The third-order valence-electron chi connectivity index (χ3n) is 1.44. The quantitative estimate of drug-likeness (QED) is 0.232. The van der Waals surface area contributed by atoms with E-state index >= 15 is 0 Å². The number of rotatable bonds is 6. The zero-order chi connectivity index (χ0) is 10.3. The molecule has 6 heteroatoms. The van der Waals surface area contributed by atoms with Crippen LogP contribution in [-0.2, 0) is 9.63 Å². The SMILES string of the molecule is C=CC(=O)NC(NC)(NC)ONC. The number of amides is 1. The average molecular weight is 188 g/mol. The fourth-order valence-corrected chi connectivity index (χ4v) is 0.755. The zero-order valence-electron chi connectivity index (χ0n) is 8.10. The van der Waals surface area contributed by atoms with Gasteiger partial charge < -0.3 is 0 Å². The molecule has 0 unspecified atom stereocenters. The molecule has 0 atom stereocenters. The summed E-state index contributed by atoms with van der Waals surface area (Å²) in [6.45, 7) is 3.33. The Hall–Kier alpha value is -0.950. The standard InChI is InChI=1S/C7H16N4O2/c1-5-6(12)11-7(8-2,9-3)13-10-4/h5,8-10H,1H2,2-4H3,(H,11,12). The highest BCUT2D eigenvalue weighted by Gasteiger charge is 2.28. The van der Waals surface area contributed by atoms with E-state index in [4.69, 9.17) is 4.84 Å². The van der Waals surface area contributed by atoms with Crippen molar-refractivity contribution in [1.82, 2.24) is 21.4 Å². The molecule has 4 N–H and O–H groups in total. The largest absolute Gasteiger partial charge is 0.297 e. The van der Waals surface area contributed by atoms with Crippen molar-refractivity contribution in [3.8, 4) is 0 Å². The van der Waals surface area contributed by atoms with Crippen LogP contribution in [-0.4, -0.2) is 33.0 Å². The first kappa shape index (κ1) is 12.0. The van der Waals surface area contributed by atoms with Crippen LogP contribution in [0.3, 0.4) is 0 Å². The molecule has 0 radical (unpaired) electrons. The Morgan fingerprint density at radius 3 is 2.23 bits per heavy atom. The summed E-state index contributed by atoms with van der Waals surface area (Å²) in [4.78, 5) is 16.1. The average Bonchev–Trinajstić information content (AvgIpc) is 2.17. The van der Waals surface area contributed by atoms with E-state index in [9.17, 15) is 4.79 Å². The van der Waals surface area contributed by atoms with Crippen LogP contribution in [0.25, 0.3) is 0 Å². The van der Waals surface area contributed by atoms with Crippen LogP contribution in [0.5, 0.6) is 0 Å². The predicted molar refractivity (Wildman–Crippen MR) is 49.3 cm³/mol. The summed E-state index contributed by atoms with van der Waals surface area (Å²) in [7, 11) is 4.86. The molecular formula is C7H16N4O2. The van der Waals surface area contributed by atoms with Crippen LogP contribution in [0.1, 0.15) is 0 Å². The Balaban J connectivity index is 4.36. The molecule has 0 heterocycles. The lowest BCUT2D eigenvalue weighted by Crippen LogP contribution is -2.68. The van der Waals surface area contributed by atoms with E-state index in [0.717, 1.165) is 6.08 Å². The van der Waals surface area contributed by atoms with Crippen LogP contribution in [0.2, 0.25) is 0 Å². The summed E-state index contributed by atoms with van der Waals surface area (Å²) >= 11 is 0. The van der Waals surface area contributed by atoms with Crippen LogP contribution in [0, 0.1) is 0 Å². The molecule has 0 saturated heterocycles. The topological polar surface area (TPSA) is 74.4 Å². The van der Waals surface area contributed by atoms with Crippen molar-refractivity contribution < 1.29 is 9.63 Å². The number of hydrogen-bond donors (Lipinski definition) is 4. The van der Waals surface area contributed by atoms with E-state index in [1.165, 1.54) is 0 Å². The van der Waals surface area contributed by atoms with Crippen LogP contribution >= 0.6 is 0 Å². The summed E-state index contributed by atoms with van der Waals surface area (Å²) < 4.78 is 0. The molecule has 0 rings (SSSR count). The Kier molecular flexibility index (Phi) is 5.24. The van der Waals surface area contributed by atoms with Gasteiger partial charge in [-0.1, -0.05) is 6.58 Å². The molecule has 0 aliphatic heterocycles. The van der Waals surface area contributed by atoms with Gasteiger partial charge >= 0.3 is 0 Å². The fraction of sp³-hybridized carbons (Fsp3) is 0.571. The molecule has 0 aromatic heterocycles. The highest BCUT2D eigenvalue weighted by Crippen LogP contribution is 1.93. The second kappa shape index (κ2) is 5.65. The second-order valence-corrected chi connectivity index (χ2v) is 2.18. The van der Waals surface area contributed by atoms with Crippen LogP contribution < -0.4 is 21.4 Å². The van der Waals surface area contributed by atoms with E-state index < -0.39 is 5.97 Å². The molecule has 0 aromatic rings. The molecule has 0 fully saturated rings. The number of carbonyl (C=O) groups excluding carboxylic acids is 1. The third kappa shape index (κ3) is 3.51. The van der Waals surface area contributed by atoms with Gasteiger partial charge in [-0.3, -0.25) is 20.7 Å². The van der Waals surface area contributed by atoms with Crippen molar-refractivity contribution in [2.75, 3.05) is 21.1 Å². The molecule has 0 saturated carbocycles. The van der Waals surface area contributed by atoms with Crippen LogP contribution in [0.15, 0.2) is 12.7 Å². The minimum Gasteiger partial charge on any atom is -0.297 e. The molecule has 0 aliphatic carbocycles. The number of carbonyl (C=O) groups is 1. The lowest BCUT2D eigenvalue weighted by atomic mass is 10.5. The maximum Gasteiger partial charge on any atom is 0.276 e. The van der Waals surface area contributed by atoms with Crippen molar-refractivity contribution in [1.29, 1.82) is 0 Å². The van der Waals surface area contributed by atoms with Crippen LogP contribution in [0.4, 0.5) is 0 Å². The minimum absolute atomic E-state index is 0.348. The number of hydrogen-bond acceptors (Lipinski definition) is 5. The highest BCUT2D eigenvalue weighted by molar-refractivity contribution is 5.87. The Morgan fingerprint density at radius 2 is 1.92 bits per heavy atom. The fourth-order valence-electron chi connectivity index (χ4n) is 0.755. The van der Waals surface area contributed by atoms with Crippen molar-refractivity contribution in [2.45, 2.75) is 5.97 Å². The first-order valence-electron chi connectivity index (χ1n) is 3.81. The van der Waals surface area contributed by atoms with E-state index in [1.54, 1.807) is 21.1 Å². The maximum absolute atomic E-state index is 11.0. The van der Waals surface area contributed by atoms with Crippen molar-refractivity contribution in [3.63, 3.8) is 0 Å². The van der Waals surface area contributed by atoms with E-state index in [-0.39, 0.29) is 5.91 Å². The number of nitrogens with one attached hydrogen (secondary N) is 4. The normalized spacial score (nSPS) is 11.0. The molecule has 1 amide bonds. The van der Waals surface area contributed by atoms with Crippen molar-refractivity contribution in [3.05, 3.63) is 12.7 Å². The molecule has 0 aliphatic rings. The van der Waals surface area contributed by atoms with E-state index in [1.807, 2.05) is 0 Å². The molecule has 13 heavy (non-hydrogen) atoms. The molecule has 0 aromatic carbocycles. The first-order valence-corrected chi connectivity index (χ1v) is 3.81. The summed E-state index contributed by atoms with van der Waals surface area (Å²) in [6, 6.07) is 0. The highest BCUT2D eigenvalue weighted by atomic mass is 16.7. The van der Waals surface area contributed by atoms with Gasteiger partial charge in [0, 0.05) is 7.05 Å². The van der Waals surface area contributed by atoms with Gasteiger partial charge in [0.2, 0.25) is 5.91 Å². The Labute approximate surface area is 77.7 Å². The summed E-state index contributed by atoms with van der Waals surface area (Å²) in [5.74, 6) is -1.47. The molecule has 0 bridgehead atoms. The monoisotopic (exact) mass is 188 g/mol. The van der Waals surface area contributed by atoms with Gasteiger partial charge in [-0.05, 0) is 20.2 Å². The van der Waals surface area contributed by atoms with Gasteiger partial charge in [-0.2, -0.15) is 0 Å². The Morgan fingerprint density at radius 1 is 1.38 bits per heavy atom. The predicted octanol–water partition coefficient (Wildman–Crippen LogP) is -1.51. The Bertz CT molecular complexity index is 179. The van der Waals surface area contributed by atoms with Crippen molar-refractivity contribution in [2.24, 2.45) is 0 Å². The molecule has 76 valence electrons. The summed E-state index contributed by atoms with van der Waals surface area (Å²) in [6.07, 6.45) is 1.16. The van der Waals surface area contributed by atoms with Gasteiger partial charge in [0.25, 0.3) is 5.97 Å². The lowest BCUT2D eigenvalue weighted by molar-refractivity contribution is -0.163. The third-order valence-corrected chi connectivity index (χ3v) is 1.44. The molecule has 0 spiro atoms. The maximum atomic E-state index is 11.0. The van der Waals surface area contributed by atoms with Gasteiger partial charge in [0.15, 0.2) is 0 Å². The van der Waals surface area contributed by atoms with Gasteiger partial charge in [0.1, 0.15) is 0 Å². The van der Waals surface area contributed by atoms with Gasteiger partial charge in [-0.25, -0.2) is 10.3 Å². The zero-order valence-corrected chi connectivity index (χ0v) is 8.10. The summed E-state index contributed by atoms with van der Waals surface area (Å²) in [5.41, 5.74) is 2.47. The van der Waals surface area contributed by atoms with Gasteiger partial charge in [0.05, 0.1) is 0 Å². The minimum atomic E-state index is -1.12. The number of hydroxylamine groups is 1. The smallest absolute Gasteiger partial charge is 0.276 e.